The Bertz CT molecular complexity index is 1250. The minimum atomic E-state index is -0.235. The van der Waals surface area contributed by atoms with Crippen LogP contribution < -0.4 is 0 Å². The van der Waals surface area contributed by atoms with Gasteiger partial charge in [-0.3, -0.25) is 14.5 Å². The van der Waals surface area contributed by atoms with Crippen LogP contribution in [0.3, 0.4) is 0 Å². The second kappa shape index (κ2) is 12.2. The van der Waals surface area contributed by atoms with Gasteiger partial charge >= 0.3 is 0 Å². The Labute approximate surface area is 228 Å². The number of thiophene rings is 1. The molecule has 1 saturated heterocycles. The lowest BCUT2D eigenvalue weighted by atomic mass is 9.93. The predicted octanol–water partition coefficient (Wildman–Crippen LogP) is 5.55. The van der Waals surface area contributed by atoms with Gasteiger partial charge in [-0.2, -0.15) is 0 Å². The first-order chi connectivity index (χ1) is 18.5. The smallest absolute Gasteiger partial charge is 0.253 e. The molecule has 2 amide bonds. The van der Waals surface area contributed by atoms with Crippen molar-refractivity contribution in [2.24, 2.45) is 0 Å². The number of unbranched alkanes of at least 4 members (excludes halogenated alkanes) is 1. The van der Waals surface area contributed by atoms with E-state index in [0.29, 0.717) is 44.7 Å². The Hall–Kier alpha value is -3.03. The van der Waals surface area contributed by atoms with Gasteiger partial charge < -0.3 is 9.80 Å². The molecule has 0 N–H and O–H groups in total. The van der Waals surface area contributed by atoms with E-state index in [9.17, 15) is 14.0 Å². The van der Waals surface area contributed by atoms with Gasteiger partial charge in [0.1, 0.15) is 5.82 Å². The number of piperazine rings is 1. The van der Waals surface area contributed by atoms with Gasteiger partial charge in [-0.15, -0.1) is 11.3 Å². The molecule has 2 aliphatic heterocycles. The molecule has 1 fully saturated rings. The van der Waals surface area contributed by atoms with Crippen molar-refractivity contribution in [2.45, 2.75) is 45.1 Å². The highest BCUT2D eigenvalue weighted by Crippen LogP contribution is 2.38. The van der Waals surface area contributed by atoms with E-state index in [4.69, 9.17) is 0 Å². The number of carbonyl (C=O) groups excluding carboxylic acids is 2. The number of aryl methyl sites for hydroxylation is 1. The Kier molecular flexibility index (Phi) is 8.55. The molecular formula is C31H36FN3O2S. The largest absolute Gasteiger partial charge is 0.339 e. The molecule has 0 saturated carbocycles. The maximum absolute atomic E-state index is 14.1. The van der Waals surface area contributed by atoms with Crippen LogP contribution in [0.1, 0.15) is 64.2 Å². The SMILES string of the molecule is CCCCc1ccc(C(=O)N2CCN(C(=O)CCN3CCc4sccc4[C@H]3c3cccc(F)c3)CC2)cc1. The minimum absolute atomic E-state index is 0.0312. The maximum Gasteiger partial charge on any atom is 0.253 e. The van der Waals surface area contributed by atoms with E-state index in [1.165, 1.54) is 22.1 Å². The van der Waals surface area contributed by atoms with Gasteiger partial charge in [0.2, 0.25) is 5.91 Å². The van der Waals surface area contributed by atoms with Crippen molar-refractivity contribution >= 4 is 23.2 Å². The summed E-state index contributed by atoms with van der Waals surface area (Å²) in [5.74, 6) is -0.0795. The summed E-state index contributed by atoms with van der Waals surface area (Å²) in [7, 11) is 0. The summed E-state index contributed by atoms with van der Waals surface area (Å²) in [5.41, 5.74) is 4.14. The molecule has 3 heterocycles. The molecule has 2 aliphatic rings. The lowest BCUT2D eigenvalue weighted by Gasteiger charge is -2.38. The van der Waals surface area contributed by atoms with Crippen LogP contribution in [0.5, 0.6) is 0 Å². The fraction of sp³-hybridized carbons (Fsp3) is 0.419. The van der Waals surface area contributed by atoms with Crippen LogP contribution in [0.15, 0.2) is 60.0 Å². The number of hydrogen-bond acceptors (Lipinski definition) is 4. The molecule has 0 unspecified atom stereocenters. The molecule has 7 heteroatoms. The molecule has 0 bridgehead atoms. The van der Waals surface area contributed by atoms with E-state index < -0.39 is 0 Å². The van der Waals surface area contributed by atoms with Crippen LogP contribution in [-0.2, 0) is 17.6 Å². The predicted molar refractivity (Wildman–Crippen MR) is 150 cm³/mol. The summed E-state index contributed by atoms with van der Waals surface area (Å²) in [6.45, 7) is 5.87. The Morgan fingerprint density at radius 1 is 0.974 bits per heavy atom. The second-order valence-corrected chi connectivity index (χ2v) is 11.3. The van der Waals surface area contributed by atoms with E-state index in [2.05, 4.69) is 35.4 Å². The third kappa shape index (κ3) is 6.00. The Balaban J connectivity index is 1.15. The van der Waals surface area contributed by atoms with Gasteiger partial charge in [0.05, 0.1) is 6.04 Å². The molecule has 2 aromatic carbocycles. The number of rotatable bonds is 8. The Morgan fingerprint density at radius 3 is 2.47 bits per heavy atom. The molecule has 200 valence electrons. The van der Waals surface area contributed by atoms with Gasteiger partial charge in [0.15, 0.2) is 0 Å². The fourth-order valence-corrected chi connectivity index (χ4v) is 6.51. The van der Waals surface area contributed by atoms with Gasteiger partial charge in [0.25, 0.3) is 5.91 Å². The van der Waals surface area contributed by atoms with Crippen LogP contribution in [0.4, 0.5) is 4.39 Å². The van der Waals surface area contributed by atoms with Crippen molar-refractivity contribution in [1.82, 2.24) is 14.7 Å². The molecule has 0 radical (unpaired) electrons. The highest BCUT2D eigenvalue weighted by atomic mass is 32.1. The van der Waals surface area contributed by atoms with Crippen molar-refractivity contribution in [3.05, 3.63) is 92.9 Å². The molecule has 3 aromatic rings. The molecular weight excluding hydrogens is 497 g/mol. The van der Waals surface area contributed by atoms with Gasteiger partial charge in [-0.05, 0) is 71.7 Å². The summed E-state index contributed by atoms with van der Waals surface area (Å²) in [4.78, 5) is 33.5. The number of fused-ring (bicyclic) bond motifs is 1. The van der Waals surface area contributed by atoms with Gasteiger partial charge in [0, 0.05) is 56.1 Å². The highest BCUT2D eigenvalue weighted by molar-refractivity contribution is 7.10. The first-order valence-electron chi connectivity index (χ1n) is 13.7. The molecule has 1 aromatic heterocycles. The van der Waals surface area contributed by atoms with Crippen molar-refractivity contribution in [2.75, 3.05) is 39.3 Å². The number of halogens is 1. The molecule has 5 rings (SSSR count). The quantitative estimate of drug-likeness (QED) is 0.381. The highest BCUT2D eigenvalue weighted by Gasteiger charge is 2.31. The van der Waals surface area contributed by atoms with E-state index >= 15 is 0 Å². The van der Waals surface area contributed by atoms with Crippen LogP contribution in [-0.4, -0.2) is 65.8 Å². The molecule has 0 spiro atoms. The third-order valence-corrected chi connectivity index (χ3v) is 8.78. The first kappa shape index (κ1) is 26.6. The van der Waals surface area contributed by atoms with Crippen LogP contribution in [0.25, 0.3) is 0 Å². The second-order valence-electron chi connectivity index (χ2n) is 10.3. The first-order valence-corrected chi connectivity index (χ1v) is 14.6. The lowest BCUT2D eigenvalue weighted by Crippen LogP contribution is -2.51. The summed E-state index contributed by atoms with van der Waals surface area (Å²) >= 11 is 1.75. The number of nitrogens with zero attached hydrogens (tertiary/aromatic N) is 3. The summed E-state index contributed by atoms with van der Waals surface area (Å²) in [6.07, 6.45) is 4.72. The zero-order valence-corrected chi connectivity index (χ0v) is 22.9. The zero-order valence-electron chi connectivity index (χ0n) is 22.1. The number of benzene rings is 2. The third-order valence-electron chi connectivity index (χ3n) is 7.78. The molecule has 38 heavy (non-hydrogen) atoms. The van der Waals surface area contributed by atoms with Crippen LogP contribution in [0, 0.1) is 5.82 Å². The van der Waals surface area contributed by atoms with Crippen molar-refractivity contribution in [3.63, 3.8) is 0 Å². The number of amides is 2. The van der Waals surface area contributed by atoms with Crippen molar-refractivity contribution in [3.8, 4) is 0 Å². The fourth-order valence-electron chi connectivity index (χ4n) is 5.61. The molecule has 5 nitrogen and oxygen atoms in total. The average Bonchev–Trinajstić information content (AvgIpc) is 3.43. The lowest BCUT2D eigenvalue weighted by molar-refractivity contribution is -0.133. The summed E-state index contributed by atoms with van der Waals surface area (Å²) < 4.78 is 14.1. The Morgan fingerprint density at radius 2 is 1.74 bits per heavy atom. The normalized spacial score (nSPS) is 17.9. The standard InChI is InChI=1S/C31H36FN3O2S/c1-2-3-5-23-8-10-24(11-9-23)31(37)35-19-17-33(18-20-35)29(36)13-16-34-15-12-28-27(14-21-38-28)30(34)25-6-4-7-26(32)22-25/h4,6-11,14,21-22,30H,2-3,5,12-13,15-20H2,1H3/t30-/m1/s1. The number of carbonyl (C=O) groups is 2. The maximum atomic E-state index is 14.1. The van der Waals surface area contributed by atoms with Gasteiger partial charge in [-0.1, -0.05) is 37.6 Å². The molecule has 0 aliphatic carbocycles. The van der Waals surface area contributed by atoms with Gasteiger partial charge in [-0.25, -0.2) is 4.39 Å². The van der Waals surface area contributed by atoms with E-state index in [1.54, 1.807) is 23.5 Å². The zero-order chi connectivity index (χ0) is 26.5. The van der Waals surface area contributed by atoms with Crippen LogP contribution >= 0.6 is 11.3 Å². The van der Waals surface area contributed by atoms with Crippen molar-refractivity contribution < 1.29 is 14.0 Å². The topological polar surface area (TPSA) is 43.9 Å². The molecule has 1 atom stereocenters. The summed E-state index contributed by atoms with van der Waals surface area (Å²) in [5, 5.41) is 2.10. The average molecular weight is 534 g/mol. The van der Waals surface area contributed by atoms with Crippen LogP contribution in [0.2, 0.25) is 0 Å². The van der Waals surface area contributed by atoms with E-state index in [1.807, 2.05) is 28.0 Å². The minimum Gasteiger partial charge on any atom is -0.339 e. The number of hydrogen-bond donors (Lipinski definition) is 0. The van der Waals surface area contributed by atoms with E-state index in [-0.39, 0.29) is 23.7 Å². The summed E-state index contributed by atoms with van der Waals surface area (Å²) in [6, 6.07) is 16.9. The van der Waals surface area contributed by atoms with E-state index in [0.717, 1.165) is 37.8 Å². The monoisotopic (exact) mass is 533 g/mol. The van der Waals surface area contributed by atoms with Crippen molar-refractivity contribution in [1.29, 1.82) is 0 Å².